The maximum atomic E-state index is 15.3. The second kappa shape index (κ2) is 8.34. The first-order chi connectivity index (χ1) is 15.0. The number of hydrogen-bond donors (Lipinski definition) is 2. The topological polar surface area (TPSA) is 41.5 Å². The highest BCUT2D eigenvalue weighted by Gasteiger charge is 2.54. The number of halogens is 3. The summed E-state index contributed by atoms with van der Waals surface area (Å²) in [7, 11) is 0. The Morgan fingerprint density at radius 1 is 1.03 bits per heavy atom. The van der Waals surface area contributed by atoms with Crippen LogP contribution in [0.3, 0.4) is 0 Å². The van der Waals surface area contributed by atoms with Crippen LogP contribution in [0.2, 0.25) is 5.02 Å². The van der Waals surface area contributed by atoms with Crippen molar-refractivity contribution >= 4 is 11.6 Å². The molecule has 0 bridgehead atoms. The zero-order valence-corrected chi connectivity index (χ0v) is 18.2. The number of nitrogens with one attached hydrogen (secondary N) is 1. The zero-order valence-electron chi connectivity index (χ0n) is 17.4. The monoisotopic (exact) mass is 447 g/mol. The number of rotatable bonds is 6. The number of hydrogen-bond acceptors (Lipinski definition) is 3. The fourth-order valence-corrected chi connectivity index (χ4v) is 5.84. The van der Waals surface area contributed by atoms with Crippen LogP contribution in [-0.2, 0) is 11.8 Å². The molecule has 2 saturated carbocycles. The van der Waals surface area contributed by atoms with Crippen molar-refractivity contribution in [3.05, 3.63) is 64.2 Å². The molecule has 2 N–H and O–H groups in total. The van der Waals surface area contributed by atoms with Crippen LogP contribution in [-0.4, -0.2) is 30.9 Å². The Bertz CT molecular complexity index is 949. The van der Waals surface area contributed by atoms with Gasteiger partial charge in [0.15, 0.2) is 11.6 Å². The molecule has 0 amide bonds. The van der Waals surface area contributed by atoms with Crippen LogP contribution in [0, 0.1) is 29.4 Å². The van der Waals surface area contributed by atoms with E-state index in [1.54, 1.807) is 0 Å². The third kappa shape index (κ3) is 3.96. The fraction of sp³-hybridized carbons (Fsp3) is 0.520. The molecule has 1 heterocycles. The van der Waals surface area contributed by atoms with E-state index < -0.39 is 23.2 Å². The molecule has 1 aliphatic heterocycles. The number of ether oxygens (including phenoxy) is 1. The SMILES string of the molecule is O[C@@H]1CC[C@@]2(Cc3ccc(Cl)cc3)c3c(F)ccc(F)c3OC[C@H]2[C@@H]1CNCC1CC1. The number of fused-ring (bicyclic) bond motifs is 3. The van der Waals surface area contributed by atoms with Crippen LogP contribution in [0.1, 0.15) is 36.8 Å². The second-order valence-electron chi connectivity index (χ2n) is 9.48. The molecule has 2 fully saturated rings. The zero-order chi connectivity index (χ0) is 21.6. The summed E-state index contributed by atoms with van der Waals surface area (Å²) >= 11 is 6.08. The summed E-state index contributed by atoms with van der Waals surface area (Å²) in [4.78, 5) is 0. The molecule has 5 rings (SSSR count). The molecule has 2 aliphatic carbocycles. The van der Waals surface area contributed by atoms with Crippen LogP contribution in [0.15, 0.2) is 36.4 Å². The molecule has 0 spiro atoms. The standard InChI is InChI=1S/C25H28ClF2NO2/c26-17-5-3-15(4-6-17)11-25-10-9-22(30)18(13-29-12-16-1-2-16)19(25)14-31-24-21(28)8-7-20(27)23(24)25/h3-8,16,18-19,22,29-30H,1-2,9-14H2/t18-,19-,22+,25-/m0/s1. The van der Waals surface area contributed by atoms with E-state index in [1.165, 1.54) is 18.9 Å². The minimum atomic E-state index is -0.640. The summed E-state index contributed by atoms with van der Waals surface area (Å²) in [6, 6.07) is 9.90. The van der Waals surface area contributed by atoms with Gasteiger partial charge in [0.05, 0.1) is 12.7 Å². The molecule has 2 aromatic carbocycles. The van der Waals surface area contributed by atoms with Crippen molar-refractivity contribution in [1.82, 2.24) is 5.32 Å². The van der Waals surface area contributed by atoms with Gasteiger partial charge in [0, 0.05) is 34.4 Å². The van der Waals surface area contributed by atoms with Gasteiger partial charge in [0.2, 0.25) is 0 Å². The first-order valence-electron chi connectivity index (χ1n) is 11.2. The number of benzene rings is 2. The van der Waals surface area contributed by atoms with Crippen LogP contribution in [0.5, 0.6) is 5.75 Å². The van der Waals surface area contributed by atoms with Crippen molar-refractivity contribution < 1.29 is 18.6 Å². The molecule has 0 aromatic heterocycles. The molecule has 0 radical (unpaired) electrons. The quantitative estimate of drug-likeness (QED) is 0.663. The lowest BCUT2D eigenvalue weighted by Gasteiger charge is -2.53. The minimum absolute atomic E-state index is 0.0336. The number of aliphatic hydroxyl groups is 1. The summed E-state index contributed by atoms with van der Waals surface area (Å²) in [5.41, 5.74) is 0.712. The molecule has 31 heavy (non-hydrogen) atoms. The van der Waals surface area contributed by atoms with Crippen LogP contribution in [0.4, 0.5) is 8.78 Å². The summed E-state index contributed by atoms with van der Waals surface area (Å²) in [6.07, 6.45) is 3.71. The normalized spacial score (nSPS) is 29.7. The van der Waals surface area contributed by atoms with Crippen LogP contribution < -0.4 is 10.1 Å². The second-order valence-corrected chi connectivity index (χ2v) is 9.92. The van der Waals surface area contributed by atoms with Crippen molar-refractivity contribution in [2.75, 3.05) is 19.7 Å². The lowest BCUT2D eigenvalue weighted by molar-refractivity contribution is -0.0455. The maximum absolute atomic E-state index is 15.3. The first kappa shape index (κ1) is 21.2. The molecule has 0 saturated heterocycles. The van der Waals surface area contributed by atoms with E-state index in [2.05, 4.69) is 5.32 Å². The van der Waals surface area contributed by atoms with Crippen LogP contribution >= 0.6 is 11.6 Å². The highest BCUT2D eigenvalue weighted by atomic mass is 35.5. The van der Waals surface area contributed by atoms with Gasteiger partial charge in [-0.2, -0.15) is 0 Å². The van der Waals surface area contributed by atoms with Gasteiger partial charge in [0.25, 0.3) is 0 Å². The van der Waals surface area contributed by atoms with Gasteiger partial charge in [-0.15, -0.1) is 0 Å². The summed E-state index contributed by atoms with van der Waals surface area (Å²) in [5, 5.41) is 15.1. The predicted octanol–water partition coefficient (Wildman–Crippen LogP) is 4.88. The Kier molecular flexibility index (Phi) is 5.70. The Morgan fingerprint density at radius 3 is 2.52 bits per heavy atom. The smallest absolute Gasteiger partial charge is 0.165 e. The third-order valence-corrected chi connectivity index (χ3v) is 7.77. The number of aliphatic hydroxyl groups excluding tert-OH is 1. The van der Waals surface area contributed by atoms with E-state index in [-0.39, 0.29) is 24.2 Å². The highest BCUT2D eigenvalue weighted by molar-refractivity contribution is 6.30. The highest BCUT2D eigenvalue weighted by Crippen LogP contribution is 2.55. The van der Waals surface area contributed by atoms with Gasteiger partial charge in [-0.05, 0) is 74.4 Å². The molecule has 2 aromatic rings. The van der Waals surface area contributed by atoms with Crippen molar-refractivity contribution in [3.63, 3.8) is 0 Å². The summed E-state index contributed by atoms with van der Waals surface area (Å²) in [5.74, 6) is -0.408. The van der Waals surface area contributed by atoms with Gasteiger partial charge < -0.3 is 15.2 Å². The summed E-state index contributed by atoms with van der Waals surface area (Å²) < 4.78 is 35.8. The van der Waals surface area contributed by atoms with Gasteiger partial charge in [-0.1, -0.05) is 23.7 Å². The first-order valence-corrected chi connectivity index (χ1v) is 11.6. The molecule has 6 heteroatoms. The van der Waals surface area contributed by atoms with Crippen molar-refractivity contribution in [2.24, 2.45) is 17.8 Å². The average molecular weight is 448 g/mol. The van der Waals surface area contributed by atoms with E-state index in [0.29, 0.717) is 36.4 Å². The molecule has 3 aliphatic rings. The van der Waals surface area contributed by atoms with E-state index >= 15 is 4.39 Å². The van der Waals surface area contributed by atoms with Crippen LogP contribution in [0.25, 0.3) is 0 Å². The lowest BCUT2D eigenvalue weighted by atomic mass is 9.54. The van der Waals surface area contributed by atoms with E-state index in [4.69, 9.17) is 16.3 Å². The van der Waals surface area contributed by atoms with Gasteiger partial charge >= 0.3 is 0 Å². The van der Waals surface area contributed by atoms with Gasteiger partial charge in [-0.3, -0.25) is 0 Å². The molecule has 4 atom stereocenters. The Balaban J connectivity index is 1.55. The average Bonchev–Trinajstić information content (AvgIpc) is 3.58. The molecule has 0 unspecified atom stereocenters. The molecular weight excluding hydrogens is 420 g/mol. The molecular formula is C25H28ClF2NO2. The molecule has 166 valence electrons. The van der Waals surface area contributed by atoms with Gasteiger partial charge in [0.1, 0.15) is 5.82 Å². The van der Waals surface area contributed by atoms with Crippen molar-refractivity contribution in [2.45, 2.75) is 43.6 Å². The third-order valence-electron chi connectivity index (χ3n) is 7.51. The van der Waals surface area contributed by atoms with E-state index in [9.17, 15) is 9.50 Å². The largest absolute Gasteiger partial charge is 0.490 e. The fourth-order valence-electron chi connectivity index (χ4n) is 5.72. The predicted molar refractivity (Wildman–Crippen MR) is 117 cm³/mol. The lowest BCUT2D eigenvalue weighted by Crippen LogP contribution is -2.56. The summed E-state index contributed by atoms with van der Waals surface area (Å²) in [6.45, 7) is 1.87. The van der Waals surface area contributed by atoms with E-state index in [0.717, 1.165) is 24.1 Å². The Hall–Kier alpha value is -1.69. The van der Waals surface area contributed by atoms with Crippen molar-refractivity contribution in [3.8, 4) is 5.75 Å². The minimum Gasteiger partial charge on any atom is -0.490 e. The molecule has 3 nitrogen and oxygen atoms in total. The van der Waals surface area contributed by atoms with Crippen molar-refractivity contribution in [1.29, 1.82) is 0 Å². The van der Waals surface area contributed by atoms with Gasteiger partial charge in [-0.25, -0.2) is 8.78 Å². The van der Waals surface area contributed by atoms with E-state index in [1.807, 2.05) is 24.3 Å². The Labute approximate surface area is 186 Å². The maximum Gasteiger partial charge on any atom is 0.165 e. The Morgan fingerprint density at radius 2 is 1.77 bits per heavy atom.